The molecule has 0 aromatic heterocycles. The van der Waals surface area contributed by atoms with E-state index < -0.39 is 0 Å². The Morgan fingerprint density at radius 2 is 1.63 bits per heavy atom. The van der Waals surface area contributed by atoms with Crippen LogP contribution in [-0.2, 0) is 22.6 Å². The fourth-order valence-corrected chi connectivity index (χ4v) is 3.68. The molecule has 3 rings (SSSR count). The summed E-state index contributed by atoms with van der Waals surface area (Å²) in [7, 11) is 1.70. The van der Waals surface area contributed by atoms with Gasteiger partial charge in [0.2, 0.25) is 11.8 Å². The highest BCUT2D eigenvalue weighted by atomic mass is 19.1. The van der Waals surface area contributed by atoms with Crippen LogP contribution in [0.25, 0.3) is 0 Å². The molecule has 160 valence electrons. The highest BCUT2D eigenvalue weighted by Crippen LogP contribution is 2.11. The number of benzene rings is 2. The van der Waals surface area contributed by atoms with Gasteiger partial charge < -0.3 is 9.80 Å². The predicted molar refractivity (Wildman–Crippen MR) is 115 cm³/mol. The maximum absolute atomic E-state index is 13.8. The molecule has 0 N–H and O–H groups in total. The first kappa shape index (κ1) is 22.0. The van der Waals surface area contributed by atoms with Crippen LogP contribution in [0.3, 0.4) is 0 Å². The Morgan fingerprint density at radius 3 is 2.33 bits per heavy atom. The normalized spacial score (nSPS) is 14.5. The van der Waals surface area contributed by atoms with Crippen molar-refractivity contribution < 1.29 is 14.0 Å². The smallest absolute Gasteiger partial charge is 0.236 e. The Labute approximate surface area is 178 Å². The second kappa shape index (κ2) is 10.9. The molecule has 0 bridgehead atoms. The van der Waals surface area contributed by atoms with Crippen LogP contribution >= 0.6 is 0 Å². The van der Waals surface area contributed by atoms with E-state index in [4.69, 9.17) is 0 Å². The molecule has 2 aromatic rings. The highest BCUT2D eigenvalue weighted by Gasteiger charge is 2.23. The van der Waals surface area contributed by atoms with Crippen LogP contribution in [0.5, 0.6) is 0 Å². The fraction of sp³-hybridized carbons (Fsp3) is 0.417. The van der Waals surface area contributed by atoms with E-state index in [-0.39, 0.29) is 24.2 Å². The number of amides is 2. The fourth-order valence-electron chi connectivity index (χ4n) is 3.68. The molecule has 0 aliphatic carbocycles. The summed E-state index contributed by atoms with van der Waals surface area (Å²) in [6.07, 6.45) is 2.32. The minimum atomic E-state index is -0.295. The molecule has 2 aromatic carbocycles. The predicted octanol–water partition coefficient (Wildman–Crippen LogP) is 2.95. The van der Waals surface area contributed by atoms with Crippen LogP contribution in [0.2, 0.25) is 0 Å². The SMILES string of the molecule is CN(Cc1ccccc1F)C(=O)CN1CCN(C(=O)CCCc2ccccc2)CC1. The zero-order chi connectivity index (χ0) is 21.3. The number of hydrogen-bond donors (Lipinski definition) is 0. The molecule has 0 atom stereocenters. The van der Waals surface area contributed by atoms with E-state index in [1.54, 1.807) is 30.1 Å². The van der Waals surface area contributed by atoms with Crippen LogP contribution in [0, 0.1) is 5.82 Å². The quantitative estimate of drug-likeness (QED) is 0.671. The molecular formula is C24H30FN3O2. The molecule has 0 saturated carbocycles. The van der Waals surface area contributed by atoms with Gasteiger partial charge in [0, 0.05) is 51.8 Å². The van der Waals surface area contributed by atoms with Crippen molar-refractivity contribution >= 4 is 11.8 Å². The van der Waals surface area contributed by atoms with Gasteiger partial charge in [-0.15, -0.1) is 0 Å². The van der Waals surface area contributed by atoms with Gasteiger partial charge in [-0.1, -0.05) is 48.5 Å². The van der Waals surface area contributed by atoms with Crippen molar-refractivity contribution in [2.75, 3.05) is 39.8 Å². The summed E-state index contributed by atoms with van der Waals surface area (Å²) in [4.78, 5) is 30.5. The van der Waals surface area contributed by atoms with E-state index in [9.17, 15) is 14.0 Å². The first-order chi connectivity index (χ1) is 14.5. The van der Waals surface area contributed by atoms with Crippen molar-refractivity contribution in [2.45, 2.75) is 25.8 Å². The Bertz CT molecular complexity index is 835. The molecule has 1 heterocycles. The van der Waals surface area contributed by atoms with Gasteiger partial charge >= 0.3 is 0 Å². The number of carbonyl (C=O) groups excluding carboxylic acids is 2. The Morgan fingerprint density at radius 1 is 0.967 bits per heavy atom. The van der Waals surface area contributed by atoms with E-state index >= 15 is 0 Å². The number of hydrogen-bond acceptors (Lipinski definition) is 3. The summed E-state index contributed by atoms with van der Waals surface area (Å²) in [5.41, 5.74) is 1.77. The number of likely N-dealkylation sites (N-methyl/N-ethyl adjacent to an activating group) is 1. The second-order valence-electron chi connectivity index (χ2n) is 7.84. The van der Waals surface area contributed by atoms with E-state index in [1.807, 2.05) is 23.1 Å². The third-order valence-corrected chi connectivity index (χ3v) is 5.57. The van der Waals surface area contributed by atoms with Gasteiger partial charge in [0.05, 0.1) is 6.54 Å². The van der Waals surface area contributed by atoms with E-state index in [1.165, 1.54) is 11.6 Å². The molecule has 6 heteroatoms. The molecular weight excluding hydrogens is 381 g/mol. The van der Waals surface area contributed by atoms with Crippen LogP contribution in [0.1, 0.15) is 24.0 Å². The number of halogens is 1. The lowest BCUT2D eigenvalue weighted by molar-refractivity contribution is -0.134. The summed E-state index contributed by atoms with van der Waals surface area (Å²) in [6.45, 7) is 3.21. The maximum atomic E-state index is 13.8. The number of nitrogens with zero attached hydrogens (tertiary/aromatic N) is 3. The first-order valence-electron chi connectivity index (χ1n) is 10.5. The summed E-state index contributed by atoms with van der Waals surface area (Å²) < 4.78 is 13.8. The number of carbonyl (C=O) groups is 2. The van der Waals surface area contributed by atoms with Crippen LogP contribution < -0.4 is 0 Å². The minimum Gasteiger partial charge on any atom is -0.340 e. The van der Waals surface area contributed by atoms with Crippen molar-refractivity contribution in [3.05, 3.63) is 71.5 Å². The van der Waals surface area contributed by atoms with Crippen LogP contribution in [0.15, 0.2) is 54.6 Å². The Balaban J connectivity index is 1.36. The van der Waals surface area contributed by atoms with Gasteiger partial charge in [0.15, 0.2) is 0 Å². The number of piperazine rings is 1. The standard InChI is InChI=1S/C24H30FN3O2/c1-26(18-21-11-5-6-12-22(21)25)24(30)19-27-14-16-28(17-15-27)23(29)13-7-10-20-8-3-2-4-9-20/h2-6,8-9,11-12H,7,10,13-19H2,1H3. The topological polar surface area (TPSA) is 43.9 Å². The molecule has 1 aliphatic rings. The van der Waals surface area contributed by atoms with E-state index in [0.29, 0.717) is 44.7 Å². The molecule has 30 heavy (non-hydrogen) atoms. The van der Waals surface area contributed by atoms with Crippen molar-refractivity contribution in [3.8, 4) is 0 Å². The second-order valence-corrected chi connectivity index (χ2v) is 7.84. The number of aryl methyl sites for hydroxylation is 1. The van der Waals surface area contributed by atoms with Gasteiger partial charge in [-0.2, -0.15) is 0 Å². The number of rotatable bonds is 8. The maximum Gasteiger partial charge on any atom is 0.236 e. The molecule has 5 nitrogen and oxygen atoms in total. The third kappa shape index (κ3) is 6.39. The zero-order valence-corrected chi connectivity index (χ0v) is 17.6. The van der Waals surface area contributed by atoms with Gasteiger partial charge in [0.1, 0.15) is 5.82 Å². The summed E-state index contributed by atoms with van der Waals surface area (Å²) >= 11 is 0. The summed E-state index contributed by atoms with van der Waals surface area (Å²) in [5, 5.41) is 0. The Hall–Kier alpha value is -2.73. The minimum absolute atomic E-state index is 0.0408. The van der Waals surface area contributed by atoms with Crippen LogP contribution in [-0.4, -0.2) is 66.3 Å². The third-order valence-electron chi connectivity index (χ3n) is 5.57. The zero-order valence-electron chi connectivity index (χ0n) is 17.6. The molecule has 2 amide bonds. The molecule has 1 saturated heterocycles. The van der Waals surface area contributed by atoms with Gasteiger partial charge in [-0.3, -0.25) is 14.5 Å². The molecule has 0 radical (unpaired) electrons. The summed E-state index contributed by atoms with van der Waals surface area (Å²) in [5.74, 6) is -0.147. The summed E-state index contributed by atoms with van der Waals surface area (Å²) in [6, 6.07) is 16.7. The molecule has 0 spiro atoms. The Kier molecular flexibility index (Phi) is 7.97. The monoisotopic (exact) mass is 411 g/mol. The average molecular weight is 412 g/mol. The van der Waals surface area contributed by atoms with Gasteiger partial charge in [-0.05, 0) is 24.5 Å². The van der Waals surface area contributed by atoms with E-state index in [2.05, 4.69) is 17.0 Å². The highest BCUT2D eigenvalue weighted by molar-refractivity contribution is 5.78. The van der Waals surface area contributed by atoms with Gasteiger partial charge in [-0.25, -0.2) is 4.39 Å². The lowest BCUT2D eigenvalue weighted by atomic mass is 10.1. The average Bonchev–Trinajstić information content (AvgIpc) is 2.76. The largest absolute Gasteiger partial charge is 0.340 e. The molecule has 0 unspecified atom stereocenters. The van der Waals surface area contributed by atoms with Crippen LogP contribution in [0.4, 0.5) is 4.39 Å². The first-order valence-corrected chi connectivity index (χ1v) is 10.5. The lowest BCUT2D eigenvalue weighted by Crippen LogP contribution is -2.51. The van der Waals surface area contributed by atoms with Crippen molar-refractivity contribution in [1.82, 2.24) is 14.7 Å². The lowest BCUT2D eigenvalue weighted by Gasteiger charge is -2.35. The molecule has 1 aliphatic heterocycles. The van der Waals surface area contributed by atoms with Crippen molar-refractivity contribution in [2.24, 2.45) is 0 Å². The van der Waals surface area contributed by atoms with Crippen molar-refractivity contribution in [3.63, 3.8) is 0 Å². The van der Waals surface area contributed by atoms with Crippen molar-refractivity contribution in [1.29, 1.82) is 0 Å². The molecule has 1 fully saturated rings. The van der Waals surface area contributed by atoms with E-state index in [0.717, 1.165) is 12.8 Å². The van der Waals surface area contributed by atoms with Gasteiger partial charge in [0.25, 0.3) is 0 Å².